The molecule has 2 heterocycles. The van der Waals surface area contributed by atoms with E-state index in [0.29, 0.717) is 15.7 Å². The molecule has 20 heavy (non-hydrogen) atoms. The van der Waals surface area contributed by atoms with Gasteiger partial charge in [0.2, 0.25) is 0 Å². The van der Waals surface area contributed by atoms with Gasteiger partial charge in [0.05, 0.1) is 33.3 Å². The second-order valence-electron chi connectivity index (χ2n) is 4.38. The summed E-state index contributed by atoms with van der Waals surface area (Å²) in [6.45, 7) is 0.736. The van der Waals surface area contributed by atoms with Crippen molar-refractivity contribution in [3.63, 3.8) is 0 Å². The van der Waals surface area contributed by atoms with Crippen molar-refractivity contribution in [1.82, 2.24) is 9.78 Å². The molecule has 0 unspecified atom stereocenters. The lowest BCUT2D eigenvalue weighted by Crippen LogP contribution is -2.05. The van der Waals surface area contributed by atoms with Crippen LogP contribution in [0.25, 0.3) is 0 Å². The minimum Gasteiger partial charge on any atom is -0.382 e. The maximum atomic E-state index is 6.22. The molecule has 0 radical (unpaired) electrons. The Labute approximate surface area is 129 Å². The summed E-state index contributed by atoms with van der Waals surface area (Å²) in [4.78, 5) is 0. The lowest BCUT2D eigenvalue weighted by molar-refractivity contribution is 0.767. The van der Waals surface area contributed by atoms with Gasteiger partial charge in [-0.3, -0.25) is 4.68 Å². The van der Waals surface area contributed by atoms with Crippen molar-refractivity contribution in [2.24, 2.45) is 15.8 Å². The van der Waals surface area contributed by atoms with Crippen LogP contribution in [0.15, 0.2) is 27.2 Å². The van der Waals surface area contributed by atoms with Crippen molar-refractivity contribution >= 4 is 51.6 Å². The fraction of sp³-hybridized carbons (Fsp3) is 0.250. The summed E-state index contributed by atoms with van der Waals surface area (Å²) in [5.74, 6) is 0. The first-order valence-corrected chi connectivity index (χ1v) is 7.45. The second-order valence-corrected chi connectivity index (χ2v) is 5.72. The van der Waals surface area contributed by atoms with Gasteiger partial charge in [0.25, 0.3) is 0 Å². The summed E-state index contributed by atoms with van der Waals surface area (Å²) in [5, 5.41) is 8.52. The first-order chi connectivity index (χ1) is 9.65. The molecule has 0 saturated heterocycles. The summed E-state index contributed by atoms with van der Waals surface area (Å²) < 4.78 is 10.2. The first-order valence-electron chi connectivity index (χ1n) is 5.97. The number of benzene rings is 1. The van der Waals surface area contributed by atoms with Crippen molar-refractivity contribution in [2.75, 3.05) is 11.9 Å². The molecule has 8 heteroatoms. The number of aromatic nitrogens is 2. The molecular formula is C12H11Cl2N5S. The minimum absolute atomic E-state index is 0.525. The van der Waals surface area contributed by atoms with Crippen LogP contribution in [0.4, 0.5) is 17.1 Å². The summed E-state index contributed by atoms with van der Waals surface area (Å²) in [6.07, 6.45) is 4.70. The van der Waals surface area contributed by atoms with E-state index in [1.807, 2.05) is 19.4 Å². The third-order valence-electron chi connectivity index (χ3n) is 2.92. The zero-order valence-electron chi connectivity index (χ0n) is 10.6. The highest BCUT2D eigenvalue weighted by atomic mass is 35.5. The summed E-state index contributed by atoms with van der Waals surface area (Å²) in [7, 11) is 1.90. The Kier molecular flexibility index (Phi) is 3.78. The van der Waals surface area contributed by atoms with Gasteiger partial charge >= 0.3 is 0 Å². The molecule has 0 spiro atoms. The summed E-state index contributed by atoms with van der Waals surface area (Å²) in [5.41, 5.74) is 3.35. The van der Waals surface area contributed by atoms with Gasteiger partial charge in [-0.15, -0.1) is 0 Å². The van der Waals surface area contributed by atoms with Gasteiger partial charge in [-0.1, -0.05) is 23.2 Å². The van der Waals surface area contributed by atoms with Crippen molar-refractivity contribution in [3.05, 3.63) is 34.1 Å². The number of nitrogens with zero attached hydrogens (tertiary/aromatic N) is 4. The Hall–Kier alpha value is -1.37. The Balaban J connectivity index is 1.75. The highest BCUT2D eigenvalue weighted by molar-refractivity contribution is 7.58. The zero-order chi connectivity index (χ0) is 14.1. The van der Waals surface area contributed by atoms with Crippen molar-refractivity contribution < 1.29 is 0 Å². The molecular weight excluding hydrogens is 317 g/mol. The van der Waals surface area contributed by atoms with E-state index in [1.165, 1.54) is 0 Å². The predicted octanol–water partition coefficient (Wildman–Crippen LogP) is 4.11. The first kappa shape index (κ1) is 13.6. The van der Waals surface area contributed by atoms with Crippen LogP contribution in [0.2, 0.25) is 10.0 Å². The Morgan fingerprint density at radius 1 is 1.25 bits per heavy atom. The van der Waals surface area contributed by atoms with Crippen LogP contribution in [-0.4, -0.2) is 16.3 Å². The number of anilines is 1. The standard InChI is InChI=1S/C12H11Cl2N5S/c1-19-6-7(5-16-19)2-3-15-10-8(13)4-9(14)11-12(10)18-20-17-11/h4-6,15H,2-3H2,1H3. The smallest absolute Gasteiger partial charge is 0.130 e. The van der Waals surface area contributed by atoms with E-state index in [1.54, 1.807) is 10.7 Å². The third-order valence-corrected chi connectivity index (χ3v) is 4.03. The molecule has 5 nitrogen and oxygen atoms in total. The van der Waals surface area contributed by atoms with Crippen LogP contribution in [0, 0.1) is 0 Å². The second kappa shape index (κ2) is 5.55. The van der Waals surface area contributed by atoms with Gasteiger partial charge < -0.3 is 5.32 Å². The zero-order valence-corrected chi connectivity index (χ0v) is 12.9. The fourth-order valence-electron chi connectivity index (χ4n) is 1.98. The Bertz CT molecular complexity index is 734. The maximum Gasteiger partial charge on any atom is 0.130 e. The molecule has 1 aliphatic rings. The quantitative estimate of drug-likeness (QED) is 0.784. The molecule has 2 aromatic rings. The maximum absolute atomic E-state index is 6.22. The summed E-state index contributed by atoms with van der Waals surface area (Å²) in [6, 6.07) is 1.69. The molecule has 1 aromatic heterocycles. The molecule has 1 aromatic carbocycles. The van der Waals surface area contributed by atoms with E-state index < -0.39 is 0 Å². The van der Waals surface area contributed by atoms with Crippen molar-refractivity contribution in [1.29, 1.82) is 0 Å². The van der Waals surface area contributed by atoms with E-state index in [4.69, 9.17) is 23.2 Å². The van der Waals surface area contributed by atoms with Crippen LogP contribution >= 0.6 is 23.2 Å². The van der Waals surface area contributed by atoms with E-state index >= 15 is 0 Å². The van der Waals surface area contributed by atoms with Gasteiger partial charge in [-0.05, 0) is 18.1 Å². The predicted molar refractivity (Wildman–Crippen MR) is 83.4 cm³/mol. The molecule has 0 aliphatic carbocycles. The van der Waals surface area contributed by atoms with Crippen LogP contribution < -0.4 is 5.32 Å². The number of rotatable bonds is 4. The van der Waals surface area contributed by atoms with Crippen molar-refractivity contribution in [2.45, 2.75) is 6.42 Å². The molecule has 0 amide bonds. The molecule has 1 N–H and O–H groups in total. The average molecular weight is 328 g/mol. The Morgan fingerprint density at radius 2 is 2.05 bits per heavy atom. The number of aryl methyl sites for hydroxylation is 1. The number of halogens is 2. The fourth-order valence-corrected chi connectivity index (χ4v) is 3.15. The number of nitrogens with one attached hydrogen (secondary N) is 1. The number of hydrogen-bond acceptors (Lipinski definition) is 4. The third kappa shape index (κ3) is 2.59. The van der Waals surface area contributed by atoms with Gasteiger partial charge in [0.15, 0.2) is 0 Å². The molecule has 0 atom stereocenters. The molecule has 0 fully saturated rings. The largest absolute Gasteiger partial charge is 0.382 e. The van der Waals surface area contributed by atoms with Crippen LogP contribution in [0.3, 0.4) is 0 Å². The van der Waals surface area contributed by atoms with E-state index in [2.05, 4.69) is 19.1 Å². The van der Waals surface area contributed by atoms with Crippen LogP contribution in [0.1, 0.15) is 5.56 Å². The Morgan fingerprint density at radius 3 is 2.80 bits per heavy atom. The molecule has 3 rings (SSSR count). The van der Waals surface area contributed by atoms with Gasteiger partial charge in [0.1, 0.15) is 11.4 Å². The average Bonchev–Trinajstić information content (AvgIpc) is 3.02. The molecule has 104 valence electrons. The minimum atomic E-state index is 0.525. The highest BCUT2D eigenvalue weighted by Crippen LogP contribution is 2.47. The lowest BCUT2D eigenvalue weighted by atomic mass is 10.2. The van der Waals surface area contributed by atoms with Crippen LogP contribution in [0.5, 0.6) is 0 Å². The summed E-state index contributed by atoms with van der Waals surface area (Å²) >= 11 is 13.4. The normalized spacial score (nSPS) is 12.3. The van der Waals surface area contributed by atoms with Crippen molar-refractivity contribution in [3.8, 4) is 0 Å². The highest BCUT2D eigenvalue weighted by Gasteiger charge is 2.18. The van der Waals surface area contributed by atoms with Gasteiger partial charge in [-0.25, -0.2) is 0 Å². The number of fused-ring (bicyclic) bond motifs is 1. The van der Waals surface area contributed by atoms with Gasteiger partial charge in [0, 0.05) is 19.8 Å². The SMILES string of the molecule is Cn1cc(CCNc2c(Cl)cc(Cl)c3c2N=S=N3)cn1. The molecule has 1 aliphatic heterocycles. The van der Waals surface area contributed by atoms with Gasteiger partial charge in [-0.2, -0.15) is 13.8 Å². The van der Waals surface area contributed by atoms with Crippen LogP contribution in [-0.2, 0) is 24.8 Å². The molecule has 0 saturated carbocycles. The van der Waals surface area contributed by atoms with E-state index in [9.17, 15) is 0 Å². The van der Waals surface area contributed by atoms with E-state index in [0.717, 1.165) is 41.3 Å². The number of hydrogen-bond donors (Lipinski definition) is 1. The monoisotopic (exact) mass is 327 g/mol. The molecule has 0 bridgehead atoms. The van der Waals surface area contributed by atoms with E-state index in [-0.39, 0.29) is 0 Å². The topological polar surface area (TPSA) is 54.6 Å². The lowest BCUT2D eigenvalue weighted by Gasteiger charge is -2.11.